The summed E-state index contributed by atoms with van der Waals surface area (Å²) in [5.74, 6) is 0.693. The molecule has 0 saturated carbocycles. The van der Waals surface area contributed by atoms with Crippen molar-refractivity contribution in [3.8, 4) is 11.8 Å². The van der Waals surface area contributed by atoms with E-state index in [1.54, 1.807) is 7.05 Å². The predicted octanol–water partition coefficient (Wildman–Crippen LogP) is 2.07. The smallest absolute Gasteiger partial charge is 0.340 e. The predicted molar refractivity (Wildman–Crippen MR) is 57.8 cm³/mol. The third kappa shape index (κ3) is 2.15. The molecule has 6 heteroatoms. The van der Waals surface area contributed by atoms with Gasteiger partial charge < -0.3 is 4.74 Å². The molecule has 0 radical (unpaired) electrons. The minimum Gasteiger partial charge on any atom is -0.422 e. The highest BCUT2D eigenvalue weighted by Crippen LogP contribution is 2.28. The van der Waals surface area contributed by atoms with Crippen molar-refractivity contribution in [2.24, 2.45) is 7.05 Å². The van der Waals surface area contributed by atoms with E-state index in [1.165, 1.54) is 4.68 Å². The fourth-order valence-electron chi connectivity index (χ4n) is 1.09. The number of nitrogens with zero attached hydrogens (tertiary/aromatic N) is 4. The van der Waals surface area contributed by atoms with Crippen LogP contribution in [-0.2, 0) is 7.05 Å². The number of hydrogen-bond acceptors (Lipinski definition) is 4. The van der Waals surface area contributed by atoms with Gasteiger partial charge in [-0.25, -0.2) is 0 Å². The molecule has 0 fully saturated rings. The van der Waals surface area contributed by atoms with Crippen LogP contribution in [-0.4, -0.2) is 20.2 Å². The van der Waals surface area contributed by atoms with Crippen LogP contribution in [0.2, 0.25) is 0 Å². The highest BCUT2D eigenvalue weighted by atomic mass is 79.9. The average molecular weight is 269 g/mol. The summed E-state index contributed by atoms with van der Waals surface area (Å²) in [6.45, 7) is 2.01. The van der Waals surface area contributed by atoms with Crippen molar-refractivity contribution < 1.29 is 4.74 Å². The molecule has 0 amide bonds. The molecule has 0 spiro atoms. The van der Waals surface area contributed by atoms with E-state index in [1.807, 2.05) is 25.1 Å². The topological polar surface area (TPSA) is 52.8 Å². The van der Waals surface area contributed by atoms with Crippen molar-refractivity contribution in [2.75, 3.05) is 0 Å². The number of ether oxygens (including phenoxy) is 1. The van der Waals surface area contributed by atoms with Gasteiger partial charge >= 0.3 is 6.01 Å². The van der Waals surface area contributed by atoms with Crippen molar-refractivity contribution in [3.63, 3.8) is 0 Å². The maximum Gasteiger partial charge on any atom is 0.340 e. The normalized spacial score (nSPS) is 10.3. The number of aryl methyl sites for hydroxylation is 2. The van der Waals surface area contributed by atoms with Gasteiger partial charge in [-0.15, -0.1) is 0 Å². The summed E-state index contributed by atoms with van der Waals surface area (Å²) < 4.78 is 7.86. The van der Waals surface area contributed by atoms with Crippen LogP contribution in [0.3, 0.4) is 0 Å². The van der Waals surface area contributed by atoms with E-state index >= 15 is 0 Å². The summed E-state index contributed by atoms with van der Waals surface area (Å²) in [5.41, 5.74) is 1.16. The minimum atomic E-state index is 0.361. The molecule has 0 aliphatic rings. The van der Waals surface area contributed by atoms with Crippen molar-refractivity contribution in [1.29, 1.82) is 0 Å². The summed E-state index contributed by atoms with van der Waals surface area (Å²) in [7, 11) is 1.72. The van der Waals surface area contributed by atoms with Gasteiger partial charge in [-0.1, -0.05) is 11.2 Å². The lowest BCUT2D eigenvalue weighted by Gasteiger charge is -2.05. The van der Waals surface area contributed by atoms with Crippen molar-refractivity contribution in [1.82, 2.24) is 20.2 Å². The quantitative estimate of drug-likeness (QED) is 0.837. The van der Waals surface area contributed by atoms with Crippen LogP contribution in [0.4, 0.5) is 0 Å². The lowest BCUT2D eigenvalue weighted by Crippen LogP contribution is -1.96. The zero-order chi connectivity index (χ0) is 10.8. The fraction of sp³-hybridized carbons (Fsp3) is 0.222. The molecule has 2 rings (SSSR count). The Labute approximate surface area is 95.2 Å². The molecule has 0 aliphatic carbocycles. The van der Waals surface area contributed by atoms with Gasteiger partial charge in [-0.3, -0.25) is 0 Å². The van der Waals surface area contributed by atoms with Crippen LogP contribution in [0.1, 0.15) is 5.56 Å². The highest BCUT2D eigenvalue weighted by molar-refractivity contribution is 9.10. The van der Waals surface area contributed by atoms with E-state index < -0.39 is 0 Å². The lowest BCUT2D eigenvalue weighted by molar-refractivity contribution is 0.412. The second kappa shape index (κ2) is 3.98. The lowest BCUT2D eigenvalue weighted by atomic mass is 10.2. The van der Waals surface area contributed by atoms with Gasteiger partial charge in [0.05, 0.1) is 4.47 Å². The Morgan fingerprint density at radius 1 is 1.40 bits per heavy atom. The summed E-state index contributed by atoms with van der Waals surface area (Å²) in [4.78, 5) is 0. The van der Waals surface area contributed by atoms with Crippen LogP contribution in [0, 0.1) is 6.92 Å². The molecule has 1 aromatic heterocycles. The van der Waals surface area contributed by atoms with E-state index in [-0.39, 0.29) is 0 Å². The first-order valence-corrected chi connectivity index (χ1v) is 5.12. The second-order valence-electron chi connectivity index (χ2n) is 3.12. The SMILES string of the molecule is Cc1ccc(Oc2nnnn2C)c(Br)c1. The number of halogens is 1. The van der Waals surface area contributed by atoms with Gasteiger partial charge in [0.1, 0.15) is 5.75 Å². The first-order chi connectivity index (χ1) is 7.16. The summed E-state index contributed by atoms with van der Waals surface area (Å²) in [6.07, 6.45) is 0. The highest BCUT2D eigenvalue weighted by Gasteiger charge is 2.07. The Morgan fingerprint density at radius 2 is 2.20 bits per heavy atom. The molecule has 0 aliphatic heterocycles. The molecule has 1 heterocycles. The van der Waals surface area contributed by atoms with Gasteiger partial charge in [-0.05, 0) is 51.0 Å². The molecule has 5 nitrogen and oxygen atoms in total. The third-order valence-electron chi connectivity index (χ3n) is 1.87. The Balaban J connectivity index is 2.29. The Morgan fingerprint density at radius 3 is 2.80 bits per heavy atom. The first kappa shape index (κ1) is 10.1. The number of aromatic nitrogens is 4. The molecular weight excluding hydrogens is 260 g/mol. The molecule has 78 valence electrons. The second-order valence-corrected chi connectivity index (χ2v) is 3.98. The maximum atomic E-state index is 5.51. The zero-order valence-corrected chi connectivity index (χ0v) is 9.89. The van der Waals surface area contributed by atoms with Crippen LogP contribution in [0.15, 0.2) is 22.7 Å². The molecule has 0 saturated heterocycles. The van der Waals surface area contributed by atoms with Crippen molar-refractivity contribution >= 4 is 15.9 Å². The van der Waals surface area contributed by atoms with E-state index in [9.17, 15) is 0 Å². The van der Waals surface area contributed by atoms with Gasteiger partial charge in [-0.2, -0.15) is 4.68 Å². The Hall–Kier alpha value is -1.43. The van der Waals surface area contributed by atoms with E-state index in [4.69, 9.17) is 4.74 Å². The largest absolute Gasteiger partial charge is 0.422 e. The number of benzene rings is 1. The van der Waals surface area contributed by atoms with E-state index in [0.717, 1.165) is 10.0 Å². The number of hydrogen-bond donors (Lipinski definition) is 0. The van der Waals surface area contributed by atoms with Gasteiger partial charge in [0.15, 0.2) is 0 Å². The average Bonchev–Trinajstić information content (AvgIpc) is 2.57. The minimum absolute atomic E-state index is 0.361. The number of tetrazole rings is 1. The first-order valence-electron chi connectivity index (χ1n) is 4.33. The maximum absolute atomic E-state index is 5.51. The third-order valence-corrected chi connectivity index (χ3v) is 2.49. The molecule has 0 atom stereocenters. The summed E-state index contributed by atoms with van der Waals surface area (Å²) in [6, 6.07) is 6.16. The van der Waals surface area contributed by atoms with Crippen molar-refractivity contribution in [2.45, 2.75) is 6.92 Å². The fourth-order valence-corrected chi connectivity index (χ4v) is 1.67. The van der Waals surface area contributed by atoms with Crippen LogP contribution < -0.4 is 4.74 Å². The molecule has 0 unspecified atom stereocenters. The molecule has 1 aromatic carbocycles. The zero-order valence-electron chi connectivity index (χ0n) is 8.31. The van der Waals surface area contributed by atoms with Crippen molar-refractivity contribution in [3.05, 3.63) is 28.2 Å². The number of rotatable bonds is 2. The van der Waals surface area contributed by atoms with E-state index in [2.05, 4.69) is 31.5 Å². The molecule has 15 heavy (non-hydrogen) atoms. The monoisotopic (exact) mass is 268 g/mol. The summed E-state index contributed by atoms with van der Waals surface area (Å²) >= 11 is 3.41. The standard InChI is InChI=1S/C9H9BrN4O/c1-6-3-4-8(7(10)5-6)15-9-11-12-13-14(9)2/h3-5H,1-2H3. The van der Waals surface area contributed by atoms with Gasteiger partial charge in [0.25, 0.3) is 0 Å². The molecule has 2 aromatic rings. The molecule has 0 bridgehead atoms. The molecular formula is C9H9BrN4O. The molecule has 0 N–H and O–H groups in total. The van der Waals surface area contributed by atoms with E-state index in [0.29, 0.717) is 11.8 Å². The van der Waals surface area contributed by atoms with Crippen LogP contribution >= 0.6 is 15.9 Å². The van der Waals surface area contributed by atoms with Gasteiger partial charge in [0.2, 0.25) is 0 Å². The van der Waals surface area contributed by atoms with Crippen LogP contribution in [0.5, 0.6) is 11.8 Å². The summed E-state index contributed by atoms with van der Waals surface area (Å²) in [5, 5.41) is 10.9. The Bertz CT molecular complexity index is 483. The van der Waals surface area contributed by atoms with Crippen LogP contribution in [0.25, 0.3) is 0 Å². The Kier molecular flexibility index (Phi) is 2.68. The van der Waals surface area contributed by atoms with Gasteiger partial charge in [0, 0.05) is 7.05 Å².